The van der Waals surface area contributed by atoms with E-state index in [4.69, 9.17) is 9.47 Å². The molecule has 0 aliphatic carbocycles. The molecule has 5 aromatic rings. The first-order valence-electron chi connectivity index (χ1n) is 16.5. The lowest BCUT2D eigenvalue weighted by Gasteiger charge is -2.46. The molecular weight excluding hydrogens is 630 g/mol. The highest BCUT2D eigenvalue weighted by Crippen LogP contribution is 2.32. The Morgan fingerprint density at radius 1 is 1.02 bits per heavy atom. The van der Waals surface area contributed by atoms with Gasteiger partial charge in [-0.2, -0.15) is 0 Å². The van der Waals surface area contributed by atoms with Gasteiger partial charge in [0.25, 0.3) is 0 Å². The number of hydrogen-bond donors (Lipinski definition) is 1. The van der Waals surface area contributed by atoms with Gasteiger partial charge in [0.05, 0.1) is 30.5 Å². The second kappa shape index (κ2) is 13.8. The van der Waals surface area contributed by atoms with Gasteiger partial charge in [0.2, 0.25) is 5.95 Å². The molecule has 0 saturated carbocycles. The van der Waals surface area contributed by atoms with Crippen LogP contribution in [0.2, 0.25) is 0 Å². The number of amides is 1. The Bertz CT molecular complexity index is 1950. The average Bonchev–Trinajstić information content (AvgIpc) is 3.45. The van der Waals surface area contributed by atoms with Crippen LogP contribution >= 0.6 is 0 Å². The molecule has 1 amide bonds. The number of morpholine rings is 1. The zero-order valence-electron chi connectivity index (χ0n) is 27.6. The number of hydrogen-bond acceptors (Lipinski definition) is 9. The van der Waals surface area contributed by atoms with Crippen LogP contribution in [0.25, 0.3) is 22.2 Å². The van der Waals surface area contributed by atoms with Crippen LogP contribution in [0.3, 0.4) is 0 Å². The molecular formula is C36H38F2N8O3. The number of imidazole rings is 1. The SMILES string of the molecule is Cc1nc2c(F)cc(-c3cc(Nc4ncc(CN5CC[C@@H]6[C@@H](C5)OCCN6C(=O)OCc5ccccc5)cn4)ncc3F)cc2n1C(C)C. The number of pyridine rings is 1. The number of halogens is 2. The molecule has 254 valence electrons. The lowest BCUT2D eigenvalue weighted by atomic mass is 9.98. The largest absolute Gasteiger partial charge is 0.445 e. The number of benzene rings is 2. The van der Waals surface area contributed by atoms with E-state index < -0.39 is 11.6 Å². The van der Waals surface area contributed by atoms with Gasteiger partial charge in [-0.15, -0.1) is 0 Å². The number of nitrogens with one attached hydrogen (secondary N) is 1. The molecule has 0 radical (unpaired) electrons. The van der Waals surface area contributed by atoms with E-state index in [9.17, 15) is 4.79 Å². The number of piperidine rings is 1. The van der Waals surface area contributed by atoms with Crippen LogP contribution < -0.4 is 5.32 Å². The van der Waals surface area contributed by atoms with Crippen molar-refractivity contribution in [2.24, 2.45) is 0 Å². The van der Waals surface area contributed by atoms with E-state index >= 15 is 8.78 Å². The molecule has 0 bridgehead atoms. The fraction of sp³-hybridized carbons (Fsp3) is 0.361. The van der Waals surface area contributed by atoms with Crippen molar-refractivity contribution in [3.63, 3.8) is 0 Å². The van der Waals surface area contributed by atoms with Crippen molar-refractivity contribution in [1.29, 1.82) is 0 Å². The Morgan fingerprint density at radius 2 is 1.82 bits per heavy atom. The topological polar surface area (TPSA) is 111 Å². The number of fused-ring (bicyclic) bond motifs is 2. The van der Waals surface area contributed by atoms with E-state index in [0.717, 1.165) is 30.3 Å². The third-order valence-electron chi connectivity index (χ3n) is 9.07. The van der Waals surface area contributed by atoms with Gasteiger partial charge in [0.1, 0.15) is 29.6 Å². The van der Waals surface area contributed by atoms with Crippen LogP contribution in [-0.2, 0) is 22.6 Å². The van der Waals surface area contributed by atoms with Crippen LogP contribution in [0.15, 0.2) is 67.1 Å². The first-order valence-corrected chi connectivity index (χ1v) is 16.5. The highest BCUT2D eigenvalue weighted by molar-refractivity contribution is 5.84. The zero-order valence-corrected chi connectivity index (χ0v) is 27.6. The van der Waals surface area contributed by atoms with Gasteiger partial charge in [0, 0.05) is 55.7 Å². The molecule has 0 spiro atoms. The van der Waals surface area contributed by atoms with Crippen LogP contribution in [0.4, 0.5) is 25.3 Å². The molecule has 3 aromatic heterocycles. The maximum Gasteiger partial charge on any atom is 0.410 e. The summed E-state index contributed by atoms with van der Waals surface area (Å²) in [5.41, 5.74) is 3.29. The fourth-order valence-corrected chi connectivity index (χ4v) is 6.81. The molecule has 0 unspecified atom stereocenters. The number of nitrogens with zero attached hydrogens (tertiary/aromatic N) is 7. The van der Waals surface area contributed by atoms with Crippen LogP contribution in [0.5, 0.6) is 0 Å². The molecule has 2 saturated heterocycles. The summed E-state index contributed by atoms with van der Waals surface area (Å²) in [5.74, 6) is 0.210. The summed E-state index contributed by atoms with van der Waals surface area (Å²) < 4.78 is 43.8. The number of likely N-dealkylation sites (tertiary alicyclic amines) is 1. The number of carbonyl (C=O) groups excluding carboxylic acids is 1. The normalized spacial score (nSPS) is 18.1. The summed E-state index contributed by atoms with van der Waals surface area (Å²) in [6, 6.07) is 14.2. The highest BCUT2D eigenvalue weighted by atomic mass is 19.1. The van der Waals surface area contributed by atoms with E-state index in [-0.39, 0.29) is 42.0 Å². The Hall–Kier alpha value is -5.01. The van der Waals surface area contributed by atoms with Gasteiger partial charge >= 0.3 is 6.09 Å². The van der Waals surface area contributed by atoms with E-state index in [1.54, 1.807) is 18.5 Å². The Balaban J connectivity index is 0.978. The summed E-state index contributed by atoms with van der Waals surface area (Å²) >= 11 is 0. The molecule has 1 N–H and O–H groups in total. The summed E-state index contributed by atoms with van der Waals surface area (Å²) in [6.45, 7) is 9.09. The van der Waals surface area contributed by atoms with Gasteiger partial charge < -0.3 is 24.3 Å². The maximum absolute atomic E-state index is 15.1. The lowest BCUT2D eigenvalue weighted by Crippen LogP contribution is -2.60. The summed E-state index contributed by atoms with van der Waals surface area (Å²) in [7, 11) is 0. The third-order valence-corrected chi connectivity index (χ3v) is 9.07. The van der Waals surface area contributed by atoms with Gasteiger partial charge in [0.15, 0.2) is 5.82 Å². The fourth-order valence-electron chi connectivity index (χ4n) is 6.81. The molecule has 2 fully saturated rings. The van der Waals surface area contributed by atoms with Crippen molar-refractivity contribution in [2.45, 2.75) is 58.5 Å². The van der Waals surface area contributed by atoms with Crippen molar-refractivity contribution in [3.8, 4) is 11.1 Å². The number of ether oxygens (including phenoxy) is 2. The molecule has 7 rings (SSSR count). The van der Waals surface area contributed by atoms with Gasteiger partial charge in [-0.3, -0.25) is 4.90 Å². The summed E-state index contributed by atoms with van der Waals surface area (Å²) in [6.07, 6.45) is 4.91. The number of anilines is 2. The number of rotatable bonds is 8. The highest BCUT2D eigenvalue weighted by Gasteiger charge is 2.39. The standard InChI is InChI=1S/C36H38F2N8O3/c1-22(2)46-23(3)42-34-28(37)13-26(14-31(34)46)27-15-33(39-18-29(27)38)43-35-40-16-25(17-41-35)19-44-10-9-30-32(20-44)48-12-11-45(30)36(47)49-21-24-7-5-4-6-8-24/h4-8,13-18,22,30,32H,9-12,19-21H2,1-3H3,(H,39,40,41,43)/t30-,32-/m1/s1. The summed E-state index contributed by atoms with van der Waals surface area (Å²) in [4.78, 5) is 34.5. The minimum Gasteiger partial charge on any atom is -0.445 e. The van der Waals surface area contributed by atoms with Crippen LogP contribution in [0, 0.1) is 18.6 Å². The van der Waals surface area contributed by atoms with Crippen LogP contribution in [0.1, 0.15) is 43.3 Å². The van der Waals surface area contributed by atoms with Crippen molar-refractivity contribution in [2.75, 3.05) is 31.6 Å². The van der Waals surface area contributed by atoms with E-state index in [1.165, 1.54) is 12.1 Å². The van der Waals surface area contributed by atoms with E-state index in [1.807, 2.05) is 60.6 Å². The predicted octanol–water partition coefficient (Wildman–Crippen LogP) is 6.41. The minimum atomic E-state index is -0.578. The van der Waals surface area contributed by atoms with Gasteiger partial charge in [-0.1, -0.05) is 30.3 Å². The second-order valence-corrected chi connectivity index (χ2v) is 12.8. The molecule has 11 nitrogen and oxygen atoms in total. The van der Waals surface area contributed by atoms with Crippen molar-refractivity contribution >= 4 is 28.9 Å². The van der Waals surface area contributed by atoms with Gasteiger partial charge in [-0.25, -0.2) is 33.5 Å². The minimum absolute atomic E-state index is 0.0379. The van der Waals surface area contributed by atoms with Crippen molar-refractivity contribution < 1.29 is 23.0 Å². The molecule has 49 heavy (non-hydrogen) atoms. The molecule has 2 aliphatic rings. The lowest BCUT2D eigenvalue weighted by molar-refractivity contribution is -0.0991. The average molecular weight is 669 g/mol. The van der Waals surface area contributed by atoms with Crippen molar-refractivity contribution in [3.05, 3.63) is 95.7 Å². The second-order valence-electron chi connectivity index (χ2n) is 12.8. The Kier molecular flexibility index (Phi) is 9.19. The predicted molar refractivity (Wildman–Crippen MR) is 180 cm³/mol. The molecule has 5 heterocycles. The molecule has 2 atom stereocenters. The molecule has 13 heteroatoms. The van der Waals surface area contributed by atoms with Crippen molar-refractivity contribution in [1.82, 2.24) is 34.3 Å². The zero-order chi connectivity index (χ0) is 34.1. The quantitative estimate of drug-likeness (QED) is 0.201. The number of aromatic nitrogens is 5. The van der Waals surface area contributed by atoms with E-state index in [0.29, 0.717) is 54.9 Å². The Labute approximate surface area is 282 Å². The summed E-state index contributed by atoms with van der Waals surface area (Å²) in [5, 5.41) is 3.04. The first-order chi connectivity index (χ1) is 23.7. The van der Waals surface area contributed by atoms with Gasteiger partial charge in [-0.05, 0) is 56.5 Å². The smallest absolute Gasteiger partial charge is 0.410 e. The maximum atomic E-state index is 15.1. The number of carbonyl (C=O) groups is 1. The third kappa shape index (κ3) is 6.94. The van der Waals surface area contributed by atoms with E-state index in [2.05, 4.69) is 30.2 Å². The van der Waals surface area contributed by atoms with Crippen LogP contribution in [-0.4, -0.2) is 78.8 Å². The monoisotopic (exact) mass is 668 g/mol. The number of aryl methyl sites for hydroxylation is 1. The molecule has 2 aromatic carbocycles. The Morgan fingerprint density at radius 3 is 2.59 bits per heavy atom. The first kappa shape index (κ1) is 32.5. The molecule has 2 aliphatic heterocycles.